The number of hydrazone groups is 1. The predicted molar refractivity (Wildman–Crippen MR) is 73.8 cm³/mol. The Morgan fingerprint density at radius 1 is 1.50 bits per heavy atom. The normalized spacial score (nSPS) is 10.4. The summed E-state index contributed by atoms with van der Waals surface area (Å²) in [7, 11) is 1.58. The number of nitrogens with zero attached hydrogens (tertiary/aromatic N) is 1. The SMILES string of the molecule is CCOc1c(Br)cc(/C=[NH+]/N=C(N)N)cc1OC. The Kier molecular flexibility index (Phi) is 5.44. The smallest absolute Gasteiger partial charge is 0.256 e. The molecule has 0 aromatic heterocycles. The van der Waals surface area contributed by atoms with Crippen molar-refractivity contribution in [3.63, 3.8) is 0 Å². The van der Waals surface area contributed by atoms with E-state index in [1.54, 1.807) is 13.3 Å². The van der Waals surface area contributed by atoms with Crippen molar-refractivity contribution in [2.24, 2.45) is 16.6 Å². The topological polar surface area (TPSA) is 96.8 Å². The lowest BCUT2D eigenvalue weighted by molar-refractivity contribution is -0.456. The van der Waals surface area contributed by atoms with Gasteiger partial charge in [-0.3, -0.25) is 0 Å². The molecule has 0 atom stereocenters. The minimum absolute atomic E-state index is 0.0387. The second kappa shape index (κ2) is 6.85. The summed E-state index contributed by atoms with van der Waals surface area (Å²) < 4.78 is 11.5. The first-order valence-electron chi connectivity index (χ1n) is 5.26. The minimum atomic E-state index is -0.0387. The van der Waals surface area contributed by atoms with Gasteiger partial charge in [-0.05, 0) is 35.0 Å². The number of ether oxygens (including phenoxy) is 2. The lowest BCUT2D eigenvalue weighted by Crippen LogP contribution is -2.63. The summed E-state index contributed by atoms with van der Waals surface area (Å²) in [4.78, 5) is 0. The van der Waals surface area contributed by atoms with E-state index in [2.05, 4.69) is 26.1 Å². The summed E-state index contributed by atoms with van der Waals surface area (Å²) in [5.41, 5.74) is 11.2. The maximum absolute atomic E-state index is 5.48. The van der Waals surface area contributed by atoms with Crippen molar-refractivity contribution >= 4 is 28.1 Å². The molecular formula is C11H16BrN4O2+. The van der Waals surface area contributed by atoms with Crippen molar-refractivity contribution in [2.45, 2.75) is 6.92 Å². The highest BCUT2D eigenvalue weighted by atomic mass is 79.9. The third kappa shape index (κ3) is 3.92. The third-order valence-electron chi connectivity index (χ3n) is 1.97. The van der Waals surface area contributed by atoms with Crippen molar-refractivity contribution in [3.05, 3.63) is 22.2 Å². The molecule has 0 heterocycles. The van der Waals surface area contributed by atoms with Crippen molar-refractivity contribution in [1.29, 1.82) is 0 Å². The minimum Gasteiger partial charge on any atom is -0.493 e. The van der Waals surface area contributed by atoms with E-state index < -0.39 is 0 Å². The van der Waals surface area contributed by atoms with Gasteiger partial charge in [-0.25, -0.2) is 0 Å². The van der Waals surface area contributed by atoms with E-state index in [-0.39, 0.29) is 5.96 Å². The van der Waals surface area contributed by atoms with Crippen molar-refractivity contribution < 1.29 is 14.6 Å². The monoisotopic (exact) mass is 315 g/mol. The third-order valence-corrected chi connectivity index (χ3v) is 2.55. The number of hydrogen-bond donors (Lipinski definition) is 3. The Bertz CT molecular complexity index is 470. The molecule has 0 amide bonds. The average Bonchev–Trinajstić information content (AvgIpc) is 2.31. The van der Waals surface area contributed by atoms with Crippen molar-refractivity contribution in [1.82, 2.24) is 0 Å². The molecule has 0 saturated carbocycles. The highest BCUT2D eigenvalue weighted by molar-refractivity contribution is 9.10. The summed E-state index contributed by atoms with van der Waals surface area (Å²) in [5, 5.41) is 6.27. The molecule has 0 aliphatic carbocycles. The van der Waals surface area contributed by atoms with Crippen LogP contribution in [-0.2, 0) is 0 Å². The van der Waals surface area contributed by atoms with E-state index in [0.29, 0.717) is 18.1 Å². The van der Waals surface area contributed by atoms with E-state index in [0.717, 1.165) is 10.0 Å². The quantitative estimate of drug-likeness (QED) is 0.389. The molecule has 7 heteroatoms. The van der Waals surface area contributed by atoms with E-state index >= 15 is 0 Å². The number of hydrogen-bond acceptors (Lipinski definition) is 3. The Hall–Kier alpha value is -1.76. The fraction of sp³-hybridized carbons (Fsp3) is 0.273. The number of nitrogens with two attached hydrogens (primary N) is 2. The van der Waals surface area contributed by atoms with Crippen LogP contribution >= 0.6 is 15.9 Å². The molecular weight excluding hydrogens is 300 g/mol. The van der Waals surface area contributed by atoms with Gasteiger partial charge in [0.2, 0.25) is 6.21 Å². The number of methoxy groups -OCH3 is 1. The number of guanidine groups is 1. The van der Waals surface area contributed by atoms with Crippen LogP contribution in [0.3, 0.4) is 0 Å². The molecule has 0 unspecified atom stereocenters. The van der Waals surface area contributed by atoms with Gasteiger partial charge in [0.15, 0.2) is 11.5 Å². The van der Waals surface area contributed by atoms with Crippen LogP contribution in [0.2, 0.25) is 0 Å². The maximum atomic E-state index is 5.48. The molecule has 0 spiro atoms. The Balaban J connectivity index is 3.06. The van der Waals surface area contributed by atoms with Gasteiger partial charge in [0.05, 0.1) is 18.2 Å². The molecule has 0 saturated heterocycles. The molecule has 98 valence electrons. The first kappa shape index (κ1) is 14.3. The zero-order valence-electron chi connectivity index (χ0n) is 10.2. The van der Waals surface area contributed by atoms with E-state index in [9.17, 15) is 0 Å². The second-order valence-corrected chi connectivity index (χ2v) is 4.13. The maximum Gasteiger partial charge on any atom is 0.256 e. The van der Waals surface area contributed by atoms with Gasteiger partial charge in [0.25, 0.3) is 5.96 Å². The van der Waals surface area contributed by atoms with Crippen LogP contribution in [0.4, 0.5) is 0 Å². The van der Waals surface area contributed by atoms with Crippen LogP contribution in [0.5, 0.6) is 11.5 Å². The van der Waals surface area contributed by atoms with Gasteiger partial charge >= 0.3 is 0 Å². The van der Waals surface area contributed by atoms with Crippen molar-refractivity contribution in [2.75, 3.05) is 13.7 Å². The predicted octanol–water partition coefficient (Wildman–Crippen LogP) is -0.456. The van der Waals surface area contributed by atoms with Gasteiger partial charge in [0.1, 0.15) is 0 Å². The standard InChI is InChI=1S/C11H15BrN4O2/c1-3-18-10-8(12)4-7(5-9(10)17-2)6-15-16-11(13)14/h4-6H,3H2,1-2H3,(H4,13,14,16)/p+1/b15-6+. The fourth-order valence-corrected chi connectivity index (χ4v) is 1.86. The summed E-state index contributed by atoms with van der Waals surface area (Å²) in [6.45, 7) is 2.47. The van der Waals surface area contributed by atoms with Crippen LogP contribution in [0.15, 0.2) is 21.7 Å². The Labute approximate surface area is 114 Å². The lowest BCUT2D eigenvalue weighted by Gasteiger charge is -2.11. The molecule has 6 nitrogen and oxygen atoms in total. The highest BCUT2D eigenvalue weighted by Gasteiger charge is 2.11. The number of halogens is 1. The lowest BCUT2D eigenvalue weighted by atomic mass is 10.2. The van der Waals surface area contributed by atoms with Crippen molar-refractivity contribution in [3.8, 4) is 11.5 Å². The first-order valence-corrected chi connectivity index (χ1v) is 6.05. The van der Waals surface area contributed by atoms with Gasteiger partial charge in [-0.15, -0.1) is 5.10 Å². The molecule has 0 bridgehead atoms. The molecule has 0 aliphatic rings. The highest BCUT2D eigenvalue weighted by Crippen LogP contribution is 2.36. The molecule has 1 rings (SSSR count). The van der Waals surface area contributed by atoms with E-state index in [4.69, 9.17) is 20.9 Å². The zero-order valence-corrected chi connectivity index (χ0v) is 11.8. The van der Waals surface area contributed by atoms with Crippen LogP contribution in [0, 0.1) is 0 Å². The number of rotatable bonds is 5. The Morgan fingerprint density at radius 2 is 2.22 bits per heavy atom. The molecule has 1 aromatic carbocycles. The molecule has 0 aliphatic heterocycles. The summed E-state index contributed by atoms with van der Waals surface area (Å²) in [6.07, 6.45) is 1.64. The molecule has 18 heavy (non-hydrogen) atoms. The van der Waals surface area contributed by atoms with Gasteiger partial charge < -0.3 is 20.9 Å². The van der Waals surface area contributed by atoms with Crippen LogP contribution in [-0.4, -0.2) is 25.9 Å². The molecule has 1 aromatic rings. The first-order chi connectivity index (χ1) is 8.58. The summed E-state index contributed by atoms with van der Waals surface area (Å²) in [6, 6.07) is 3.67. The van der Waals surface area contributed by atoms with Gasteiger partial charge in [-0.1, -0.05) is 0 Å². The van der Waals surface area contributed by atoms with Gasteiger partial charge in [0, 0.05) is 10.7 Å². The van der Waals surface area contributed by atoms with E-state index in [1.807, 2.05) is 19.1 Å². The van der Waals surface area contributed by atoms with Crippen LogP contribution in [0.1, 0.15) is 12.5 Å². The van der Waals surface area contributed by atoms with E-state index in [1.165, 1.54) is 0 Å². The second-order valence-electron chi connectivity index (χ2n) is 3.28. The average molecular weight is 316 g/mol. The molecule has 0 fully saturated rings. The summed E-state index contributed by atoms with van der Waals surface area (Å²) >= 11 is 3.42. The van der Waals surface area contributed by atoms with Crippen LogP contribution < -0.4 is 26.0 Å². The summed E-state index contributed by atoms with van der Waals surface area (Å²) in [5.74, 6) is 1.26. The molecule has 5 N–H and O–H groups in total. The number of benzene rings is 1. The van der Waals surface area contributed by atoms with Crippen LogP contribution in [0.25, 0.3) is 0 Å². The largest absolute Gasteiger partial charge is 0.493 e. The Morgan fingerprint density at radius 3 is 2.78 bits per heavy atom. The fourth-order valence-electron chi connectivity index (χ4n) is 1.29. The zero-order chi connectivity index (χ0) is 13.5. The van der Waals surface area contributed by atoms with Gasteiger partial charge in [-0.2, -0.15) is 0 Å². The molecule has 0 radical (unpaired) electrons. The number of nitrogens with one attached hydrogen (secondary N) is 1.